The second-order valence-corrected chi connectivity index (χ2v) is 7.16. The van der Waals surface area contributed by atoms with Gasteiger partial charge in [-0.25, -0.2) is 0 Å². The van der Waals surface area contributed by atoms with E-state index in [9.17, 15) is 0 Å². The molecule has 0 aliphatic heterocycles. The number of nitrogens with two attached hydrogens (primary N) is 1. The highest BCUT2D eigenvalue weighted by Crippen LogP contribution is 2.38. The lowest BCUT2D eigenvalue weighted by atomic mass is 10.2. The van der Waals surface area contributed by atoms with E-state index in [1.807, 2.05) is 43.3 Å². The average molecular weight is 516 g/mol. The molecule has 0 bridgehead atoms. The van der Waals surface area contributed by atoms with Gasteiger partial charge in [0.2, 0.25) is 5.89 Å². The Labute approximate surface area is 167 Å². The van der Waals surface area contributed by atoms with Crippen molar-refractivity contribution in [1.82, 2.24) is 10.2 Å². The van der Waals surface area contributed by atoms with Crippen LogP contribution in [0.5, 0.6) is 11.5 Å². The summed E-state index contributed by atoms with van der Waals surface area (Å²) in [5.74, 6) is 1.64. The summed E-state index contributed by atoms with van der Waals surface area (Å²) in [5, 5.41) is 7.60. The first-order chi connectivity index (χ1) is 12.1. The van der Waals surface area contributed by atoms with Crippen LogP contribution in [0.15, 0.2) is 45.3 Å². The molecular weight excluding hydrogens is 501 g/mol. The fourth-order valence-corrected chi connectivity index (χ4v) is 3.43. The summed E-state index contributed by atoms with van der Waals surface area (Å²) in [6.45, 7) is 2.86. The molecule has 2 aromatic carbocycles. The topological polar surface area (TPSA) is 83.4 Å². The number of anilines is 1. The number of hydrogen-bond donors (Lipinski definition) is 1. The van der Waals surface area contributed by atoms with Gasteiger partial charge in [-0.1, -0.05) is 33.2 Å². The van der Waals surface area contributed by atoms with E-state index in [1.54, 1.807) is 0 Å². The molecule has 0 spiro atoms. The molecule has 0 fully saturated rings. The van der Waals surface area contributed by atoms with E-state index in [1.165, 1.54) is 0 Å². The van der Waals surface area contributed by atoms with Crippen LogP contribution in [-0.4, -0.2) is 16.8 Å². The zero-order chi connectivity index (χ0) is 17.8. The van der Waals surface area contributed by atoms with Gasteiger partial charge in [0.25, 0.3) is 0 Å². The van der Waals surface area contributed by atoms with Gasteiger partial charge >= 0.3 is 6.01 Å². The summed E-state index contributed by atoms with van der Waals surface area (Å²) >= 11 is 5.66. The van der Waals surface area contributed by atoms with E-state index in [0.29, 0.717) is 30.6 Å². The molecule has 0 aliphatic rings. The summed E-state index contributed by atoms with van der Waals surface area (Å²) in [4.78, 5) is 0. The van der Waals surface area contributed by atoms with Gasteiger partial charge < -0.3 is 19.6 Å². The molecule has 0 amide bonds. The van der Waals surface area contributed by atoms with Gasteiger partial charge in [0, 0.05) is 10.0 Å². The Bertz CT molecular complexity index is 885. The van der Waals surface area contributed by atoms with Gasteiger partial charge in [0.15, 0.2) is 11.5 Å². The largest absolute Gasteiger partial charge is 0.490 e. The van der Waals surface area contributed by atoms with Crippen molar-refractivity contribution in [2.45, 2.75) is 13.5 Å². The lowest BCUT2D eigenvalue weighted by Crippen LogP contribution is -2.02. The third-order valence-corrected chi connectivity index (χ3v) is 4.56. The van der Waals surface area contributed by atoms with Crippen molar-refractivity contribution in [3.05, 3.63) is 50.0 Å². The Morgan fingerprint density at radius 2 is 2.04 bits per heavy atom. The number of benzene rings is 2. The number of nitrogens with zero attached hydrogens (tertiary/aromatic N) is 2. The minimum Gasteiger partial charge on any atom is -0.490 e. The van der Waals surface area contributed by atoms with Crippen molar-refractivity contribution in [2.75, 3.05) is 12.3 Å². The number of halogens is 2. The number of hydrogen-bond acceptors (Lipinski definition) is 6. The van der Waals surface area contributed by atoms with E-state index in [0.717, 1.165) is 19.2 Å². The first kappa shape index (κ1) is 18.0. The molecular formula is C17H15BrIN3O3. The maximum Gasteiger partial charge on any atom is 0.313 e. The molecule has 8 heteroatoms. The molecule has 6 nitrogen and oxygen atoms in total. The number of rotatable bonds is 6. The van der Waals surface area contributed by atoms with E-state index in [2.05, 4.69) is 48.7 Å². The predicted octanol–water partition coefficient (Wildman–Crippen LogP) is 4.66. The normalized spacial score (nSPS) is 10.7. The number of nitrogen functional groups attached to an aromatic ring is 1. The van der Waals surface area contributed by atoms with Crippen molar-refractivity contribution in [3.63, 3.8) is 0 Å². The monoisotopic (exact) mass is 515 g/mol. The fourth-order valence-electron chi connectivity index (χ4n) is 2.23. The Kier molecular flexibility index (Phi) is 5.79. The van der Waals surface area contributed by atoms with Crippen LogP contribution >= 0.6 is 38.5 Å². The van der Waals surface area contributed by atoms with E-state index < -0.39 is 0 Å². The maximum absolute atomic E-state index is 6.01. The zero-order valence-corrected chi connectivity index (χ0v) is 17.1. The Morgan fingerprint density at radius 3 is 2.72 bits per heavy atom. The van der Waals surface area contributed by atoms with Crippen LogP contribution in [0.4, 0.5) is 6.01 Å². The van der Waals surface area contributed by atoms with Crippen LogP contribution in [0.3, 0.4) is 0 Å². The average Bonchev–Trinajstić information content (AvgIpc) is 3.01. The SMILES string of the molecule is CCOc1cc(-c2nnc(N)o2)cc(I)c1OCc1cccc(Br)c1. The molecule has 1 heterocycles. The molecule has 3 aromatic rings. The molecule has 0 atom stereocenters. The molecule has 3 rings (SSSR count). The Morgan fingerprint density at radius 1 is 1.20 bits per heavy atom. The summed E-state index contributed by atoms with van der Waals surface area (Å²) in [6, 6.07) is 11.7. The van der Waals surface area contributed by atoms with Crippen LogP contribution in [0.25, 0.3) is 11.5 Å². The van der Waals surface area contributed by atoms with Crippen molar-refractivity contribution < 1.29 is 13.9 Å². The second-order valence-electron chi connectivity index (χ2n) is 5.08. The van der Waals surface area contributed by atoms with Gasteiger partial charge in [-0.05, 0) is 59.3 Å². The summed E-state index contributed by atoms with van der Waals surface area (Å²) in [5.41, 5.74) is 7.29. The van der Waals surface area contributed by atoms with Crippen LogP contribution in [-0.2, 0) is 6.61 Å². The molecule has 0 aliphatic carbocycles. The molecule has 1 aromatic heterocycles. The lowest BCUT2D eigenvalue weighted by molar-refractivity contribution is 0.267. The van der Waals surface area contributed by atoms with E-state index in [4.69, 9.17) is 19.6 Å². The highest BCUT2D eigenvalue weighted by atomic mass is 127. The molecule has 130 valence electrons. The summed E-state index contributed by atoms with van der Waals surface area (Å²) < 4.78 is 18.9. The van der Waals surface area contributed by atoms with Gasteiger partial charge in [0.05, 0.1) is 10.2 Å². The number of ether oxygens (including phenoxy) is 2. The van der Waals surface area contributed by atoms with Crippen molar-refractivity contribution in [1.29, 1.82) is 0 Å². The van der Waals surface area contributed by atoms with Crippen molar-refractivity contribution in [2.24, 2.45) is 0 Å². The van der Waals surface area contributed by atoms with E-state index in [-0.39, 0.29) is 6.01 Å². The molecule has 0 saturated carbocycles. The maximum atomic E-state index is 6.01. The third kappa shape index (κ3) is 4.43. The molecule has 0 saturated heterocycles. The first-order valence-corrected chi connectivity index (χ1v) is 9.37. The standard InChI is InChI=1S/C17H15BrIN3O3/c1-2-23-14-8-11(16-21-22-17(20)25-16)7-13(19)15(14)24-9-10-4-3-5-12(18)6-10/h3-8H,2,9H2,1H3,(H2,20,22). The van der Waals surface area contributed by atoms with Gasteiger partial charge in [0.1, 0.15) is 6.61 Å². The van der Waals surface area contributed by atoms with Crippen LogP contribution < -0.4 is 15.2 Å². The quantitative estimate of drug-likeness (QED) is 0.480. The Balaban J connectivity index is 1.89. The van der Waals surface area contributed by atoms with Crippen LogP contribution in [0.1, 0.15) is 12.5 Å². The van der Waals surface area contributed by atoms with Crippen molar-refractivity contribution in [3.8, 4) is 23.0 Å². The van der Waals surface area contributed by atoms with E-state index >= 15 is 0 Å². The van der Waals surface area contributed by atoms with Crippen LogP contribution in [0, 0.1) is 3.57 Å². The van der Waals surface area contributed by atoms with Crippen LogP contribution in [0.2, 0.25) is 0 Å². The van der Waals surface area contributed by atoms with Gasteiger partial charge in [-0.2, -0.15) is 0 Å². The highest BCUT2D eigenvalue weighted by Gasteiger charge is 2.16. The van der Waals surface area contributed by atoms with Gasteiger partial charge in [-0.15, -0.1) is 5.10 Å². The fraction of sp³-hybridized carbons (Fsp3) is 0.176. The van der Waals surface area contributed by atoms with Gasteiger partial charge in [-0.3, -0.25) is 0 Å². The predicted molar refractivity (Wildman–Crippen MR) is 107 cm³/mol. The molecule has 0 radical (unpaired) electrons. The molecule has 0 unspecified atom stereocenters. The third-order valence-electron chi connectivity index (χ3n) is 3.27. The minimum atomic E-state index is 0.0259. The summed E-state index contributed by atoms with van der Waals surface area (Å²) in [6.07, 6.45) is 0. The Hall–Kier alpha value is -1.81. The summed E-state index contributed by atoms with van der Waals surface area (Å²) in [7, 11) is 0. The molecule has 2 N–H and O–H groups in total. The lowest BCUT2D eigenvalue weighted by Gasteiger charge is -2.15. The highest BCUT2D eigenvalue weighted by molar-refractivity contribution is 14.1. The zero-order valence-electron chi connectivity index (χ0n) is 13.3. The smallest absolute Gasteiger partial charge is 0.313 e. The van der Waals surface area contributed by atoms with Crippen molar-refractivity contribution >= 4 is 44.5 Å². The first-order valence-electron chi connectivity index (χ1n) is 7.49. The number of aromatic nitrogens is 2. The second kappa shape index (κ2) is 8.05. The minimum absolute atomic E-state index is 0.0259. The molecule has 25 heavy (non-hydrogen) atoms.